The predicted molar refractivity (Wildman–Crippen MR) is 121 cm³/mol. The summed E-state index contributed by atoms with van der Waals surface area (Å²) in [6.07, 6.45) is 10.2. The molecule has 4 bridgehead atoms. The van der Waals surface area contributed by atoms with E-state index in [0.29, 0.717) is 18.4 Å². The Labute approximate surface area is 183 Å². The third kappa shape index (κ3) is 4.14. The van der Waals surface area contributed by atoms with E-state index < -0.39 is 0 Å². The lowest BCUT2D eigenvalue weighted by Crippen LogP contribution is -2.47. The minimum Gasteiger partial charge on any atom is -0.493 e. The average molecular weight is 425 g/mol. The highest BCUT2D eigenvalue weighted by Crippen LogP contribution is 2.61. The molecule has 1 amide bonds. The van der Waals surface area contributed by atoms with Crippen LogP contribution in [0, 0.1) is 23.2 Å². The number of thiazole rings is 1. The van der Waals surface area contributed by atoms with Gasteiger partial charge in [0.15, 0.2) is 0 Å². The molecule has 4 aliphatic carbocycles. The van der Waals surface area contributed by atoms with Crippen molar-refractivity contribution in [2.45, 2.75) is 58.3 Å². The average Bonchev–Trinajstić information content (AvgIpc) is 3.15. The second kappa shape index (κ2) is 8.33. The second-order valence-corrected chi connectivity index (χ2v) is 10.6. The summed E-state index contributed by atoms with van der Waals surface area (Å²) in [4.78, 5) is 17.2. The van der Waals surface area contributed by atoms with E-state index in [9.17, 15) is 4.79 Å². The molecule has 160 valence electrons. The van der Waals surface area contributed by atoms with Crippen LogP contribution in [0.5, 0.6) is 5.75 Å². The van der Waals surface area contributed by atoms with Gasteiger partial charge >= 0.3 is 0 Å². The van der Waals surface area contributed by atoms with E-state index >= 15 is 0 Å². The van der Waals surface area contributed by atoms with Gasteiger partial charge in [-0.05, 0) is 87.2 Å². The molecule has 0 unspecified atom stereocenters. The largest absolute Gasteiger partial charge is 0.493 e. The summed E-state index contributed by atoms with van der Waals surface area (Å²) in [5.41, 5.74) is 2.37. The number of hydrogen-bond acceptors (Lipinski definition) is 4. The van der Waals surface area contributed by atoms with Crippen molar-refractivity contribution in [1.29, 1.82) is 0 Å². The van der Waals surface area contributed by atoms with Gasteiger partial charge in [-0.3, -0.25) is 4.79 Å². The monoisotopic (exact) mass is 424 g/mol. The maximum Gasteiger partial charge on any atom is 0.226 e. The van der Waals surface area contributed by atoms with Crippen molar-refractivity contribution in [3.63, 3.8) is 0 Å². The normalized spacial score (nSPS) is 29.2. The first-order valence-corrected chi connectivity index (χ1v) is 12.4. The Balaban J connectivity index is 1.15. The summed E-state index contributed by atoms with van der Waals surface area (Å²) >= 11 is 1.58. The molecule has 6 rings (SSSR count). The van der Waals surface area contributed by atoms with Gasteiger partial charge in [0.2, 0.25) is 5.91 Å². The minimum absolute atomic E-state index is 0.0923. The van der Waals surface area contributed by atoms with E-state index in [0.717, 1.165) is 52.7 Å². The SMILES string of the molecule is CCOc1ccccc1-c1nc(CC(=O)NCCC23CC4CC(CC(C4)C2)C3)cs1. The Morgan fingerprint density at radius 1 is 1.17 bits per heavy atom. The van der Waals surface area contributed by atoms with Gasteiger partial charge in [-0.2, -0.15) is 0 Å². The highest BCUT2D eigenvalue weighted by Gasteiger charge is 2.50. The highest BCUT2D eigenvalue weighted by molar-refractivity contribution is 7.13. The van der Waals surface area contributed by atoms with Gasteiger partial charge in [0.25, 0.3) is 0 Å². The molecule has 4 aliphatic rings. The first kappa shape index (κ1) is 20.0. The number of nitrogens with one attached hydrogen (secondary N) is 1. The van der Waals surface area contributed by atoms with E-state index in [2.05, 4.69) is 5.32 Å². The number of carbonyl (C=O) groups is 1. The van der Waals surface area contributed by atoms with Gasteiger partial charge < -0.3 is 10.1 Å². The van der Waals surface area contributed by atoms with Crippen LogP contribution in [0.4, 0.5) is 0 Å². The maximum atomic E-state index is 12.5. The standard InChI is InChI=1S/C25H32N2O2S/c1-2-29-22-6-4-3-5-21(22)24-27-20(16-30-24)12-23(28)26-8-7-25-13-17-9-18(14-25)11-19(10-17)15-25/h3-6,16-19H,2,7-15H2,1H3,(H,26,28). The van der Waals surface area contributed by atoms with Crippen molar-refractivity contribution in [2.24, 2.45) is 23.2 Å². The van der Waals surface area contributed by atoms with Crippen LogP contribution in [-0.2, 0) is 11.2 Å². The zero-order valence-corrected chi connectivity index (χ0v) is 18.7. The van der Waals surface area contributed by atoms with Crippen LogP contribution < -0.4 is 10.1 Å². The van der Waals surface area contributed by atoms with Crippen molar-refractivity contribution in [3.8, 4) is 16.3 Å². The smallest absolute Gasteiger partial charge is 0.226 e. The summed E-state index contributed by atoms with van der Waals surface area (Å²) < 4.78 is 5.72. The van der Waals surface area contributed by atoms with Gasteiger partial charge in [0.1, 0.15) is 10.8 Å². The fourth-order valence-electron chi connectivity index (χ4n) is 6.73. The van der Waals surface area contributed by atoms with Gasteiger partial charge in [0.05, 0.1) is 24.3 Å². The van der Waals surface area contributed by atoms with Gasteiger partial charge in [-0.15, -0.1) is 11.3 Å². The number of hydrogen-bond donors (Lipinski definition) is 1. The number of carbonyl (C=O) groups excluding carboxylic acids is 1. The molecule has 4 fully saturated rings. The number of rotatable bonds is 8. The van der Waals surface area contributed by atoms with Crippen molar-refractivity contribution >= 4 is 17.2 Å². The molecule has 0 saturated heterocycles. The number of nitrogens with zero attached hydrogens (tertiary/aromatic N) is 1. The minimum atomic E-state index is 0.0923. The van der Waals surface area contributed by atoms with Crippen molar-refractivity contribution < 1.29 is 9.53 Å². The zero-order valence-electron chi connectivity index (χ0n) is 17.9. The number of benzene rings is 1. The fourth-order valence-corrected chi connectivity index (χ4v) is 7.58. The highest BCUT2D eigenvalue weighted by atomic mass is 32.1. The first-order valence-electron chi connectivity index (χ1n) is 11.6. The molecule has 0 spiro atoms. The lowest BCUT2D eigenvalue weighted by molar-refractivity contribution is -0.120. The molecule has 4 nitrogen and oxygen atoms in total. The van der Waals surface area contributed by atoms with E-state index in [1.807, 2.05) is 36.6 Å². The molecule has 1 N–H and O–H groups in total. The number of para-hydroxylation sites is 1. The Bertz CT molecular complexity index is 871. The summed E-state index contributed by atoms with van der Waals surface area (Å²) in [6, 6.07) is 7.96. The summed E-state index contributed by atoms with van der Waals surface area (Å²) in [6.45, 7) is 3.42. The first-order chi connectivity index (χ1) is 14.6. The Hall–Kier alpha value is -1.88. The van der Waals surface area contributed by atoms with Crippen LogP contribution in [-0.4, -0.2) is 24.0 Å². The van der Waals surface area contributed by atoms with E-state index in [1.165, 1.54) is 38.5 Å². The van der Waals surface area contributed by atoms with Crippen LogP contribution in [0.25, 0.3) is 10.6 Å². The van der Waals surface area contributed by atoms with Crippen LogP contribution in [0.2, 0.25) is 0 Å². The zero-order chi connectivity index (χ0) is 20.6. The molecule has 1 aromatic carbocycles. The van der Waals surface area contributed by atoms with Crippen LogP contribution in [0.15, 0.2) is 29.6 Å². The number of aromatic nitrogens is 1. The molecule has 30 heavy (non-hydrogen) atoms. The van der Waals surface area contributed by atoms with E-state index in [1.54, 1.807) is 11.3 Å². The fraction of sp³-hybridized carbons (Fsp3) is 0.600. The molecule has 1 aromatic heterocycles. The van der Waals surface area contributed by atoms with Crippen molar-refractivity contribution in [3.05, 3.63) is 35.3 Å². The predicted octanol–water partition coefficient (Wildman–Crippen LogP) is 5.47. The second-order valence-electron chi connectivity index (χ2n) is 9.77. The summed E-state index contributed by atoms with van der Waals surface area (Å²) in [5, 5.41) is 6.10. The Morgan fingerprint density at radius 2 is 1.87 bits per heavy atom. The Kier molecular flexibility index (Phi) is 5.57. The summed E-state index contributed by atoms with van der Waals surface area (Å²) in [7, 11) is 0. The molecule has 5 heteroatoms. The van der Waals surface area contributed by atoms with Crippen LogP contribution in [0.1, 0.15) is 57.6 Å². The van der Waals surface area contributed by atoms with E-state index in [-0.39, 0.29) is 5.91 Å². The maximum absolute atomic E-state index is 12.5. The molecule has 1 heterocycles. The Morgan fingerprint density at radius 3 is 2.57 bits per heavy atom. The molecule has 0 atom stereocenters. The van der Waals surface area contributed by atoms with Crippen LogP contribution in [0.3, 0.4) is 0 Å². The lowest BCUT2D eigenvalue weighted by Gasteiger charge is -2.57. The molecular formula is C25H32N2O2S. The lowest BCUT2D eigenvalue weighted by atomic mass is 9.49. The molecule has 4 saturated carbocycles. The number of amides is 1. The molecule has 0 aliphatic heterocycles. The quantitative estimate of drug-likeness (QED) is 0.611. The molecule has 0 radical (unpaired) electrons. The van der Waals surface area contributed by atoms with Gasteiger partial charge in [-0.25, -0.2) is 4.98 Å². The third-order valence-electron chi connectivity index (χ3n) is 7.45. The number of ether oxygens (including phenoxy) is 1. The van der Waals surface area contributed by atoms with Gasteiger partial charge in [-0.1, -0.05) is 12.1 Å². The van der Waals surface area contributed by atoms with Crippen molar-refractivity contribution in [1.82, 2.24) is 10.3 Å². The van der Waals surface area contributed by atoms with Gasteiger partial charge in [0, 0.05) is 11.9 Å². The molecule has 2 aromatic rings. The van der Waals surface area contributed by atoms with E-state index in [4.69, 9.17) is 9.72 Å². The molecular weight excluding hydrogens is 392 g/mol. The summed E-state index contributed by atoms with van der Waals surface area (Å²) in [5.74, 6) is 3.86. The topological polar surface area (TPSA) is 51.2 Å². The van der Waals surface area contributed by atoms with Crippen LogP contribution >= 0.6 is 11.3 Å². The third-order valence-corrected chi connectivity index (χ3v) is 8.38. The van der Waals surface area contributed by atoms with Crippen molar-refractivity contribution in [2.75, 3.05) is 13.2 Å².